The Labute approximate surface area is 193 Å². The lowest BCUT2D eigenvalue weighted by Crippen LogP contribution is -2.09. The summed E-state index contributed by atoms with van der Waals surface area (Å²) in [6, 6.07) is 21.9. The van der Waals surface area contributed by atoms with E-state index >= 15 is 0 Å². The van der Waals surface area contributed by atoms with E-state index in [1.807, 2.05) is 53.2 Å². The minimum Gasteiger partial charge on any atom is -0.487 e. The zero-order chi connectivity index (χ0) is 23.4. The molecule has 0 bridgehead atoms. The summed E-state index contributed by atoms with van der Waals surface area (Å²) in [6.07, 6.45) is 0.171. The number of hydrogen-bond donors (Lipinski definition) is 1. The summed E-state index contributed by atoms with van der Waals surface area (Å²) in [5.74, 6) is 0.389. The largest absolute Gasteiger partial charge is 0.487 e. The first-order chi connectivity index (χ1) is 16.0. The lowest BCUT2D eigenvalue weighted by molar-refractivity contribution is -0.142. The zero-order valence-corrected chi connectivity index (χ0v) is 19.2. The van der Waals surface area contributed by atoms with Crippen LogP contribution in [0.1, 0.15) is 38.1 Å². The molecule has 4 aromatic rings. The van der Waals surface area contributed by atoms with Gasteiger partial charge < -0.3 is 15.2 Å². The molecule has 170 valence electrons. The zero-order valence-electron chi connectivity index (χ0n) is 19.2. The highest BCUT2D eigenvalue weighted by molar-refractivity contribution is 5.87. The Bertz CT molecular complexity index is 1280. The Hall–Kier alpha value is -3.80. The van der Waals surface area contributed by atoms with Crippen LogP contribution in [0.15, 0.2) is 66.7 Å². The van der Waals surface area contributed by atoms with Gasteiger partial charge in [-0.3, -0.25) is 9.48 Å². The second kappa shape index (κ2) is 9.77. The van der Waals surface area contributed by atoms with Crippen LogP contribution in [0.3, 0.4) is 0 Å². The SMILES string of the molecule is CCOC(=O)Cc1ccccc1OCc1nn(C(C)C)c2ccc(-c3cccc(N)c3)cc12. The highest BCUT2D eigenvalue weighted by atomic mass is 16.5. The van der Waals surface area contributed by atoms with E-state index in [0.29, 0.717) is 12.4 Å². The van der Waals surface area contributed by atoms with E-state index in [0.717, 1.165) is 39.0 Å². The van der Waals surface area contributed by atoms with Crippen molar-refractivity contribution in [3.8, 4) is 16.9 Å². The lowest BCUT2D eigenvalue weighted by atomic mass is 10.0. The average molecular weight is 444 g/mol. The maximum Gasteiger partial charge on any atom is 0.310 e. The molecule has 1 aromatic heterocycles. The number of carbonyl (C=O) groups is 1. The van der Waals surface area contributed by atoms with Gasteiger partial charge in [-0.2, -0.15) is 5.10 Å². The van der Waals surface area contributed by atoms with Crippen LogP contribution in [0.4, 0.5) is 5.69 Å². The van der Waals surface area contributed by atoms with Crippen LogP contribution < -0.4 is 10.5 Å². The molecule has 33 heavy (non-hydrogen) atoms. The van der Waals surface area contributed by atoms with Crippen LogP contribution >= 0.6 is 0 Å². The van der Waals surface area contributed by atoms with Gasteiger partial charge in [-0.25, -0.2) is 0 Å². The summed E-state index contributed by atoms with van der Waals surface area (Å²) in [5, 5.41) is 5.89. The predicted octanol–water partition coefficient (Wildman–Crippen LogP) is 5.55. The summed E-state index contributed by atoms with van der Waals surface area (Å²) in [6.45, 7) is 6.66. The lowest BCUT2D eigenvalue weighted by Gasteiger charge is -2.10. The van der Waals surface area contributed by atoms with E-state index < -0.39 is 0 Å². The topological polar surface area (TPSA) is 79.4 Å². The number of nitrogens with two attached hydrogens (primary N) is 1. The molecule has 0 saturated heterocycles. The van der Waals surface area contributed by atoms with Crippen molar-refractivity contribution in [1.82, 2.24) is 9.78 Å². The van der Waals surface area contributed by atoms with E-state index in [-0.39, 0.29) is 25.0 Å². The Balaban J connectivity index is 1.66. The summed E-state index contributed by atoms with van der Waals surface area (Å²) < 4.78 is 13.3. The highest BCUT2D eigenvalue weighted by Crippen LogP contribution is 2.30. The number of nitrogen functional groups attached to an aromatic ring is 1. The number of carbonyl (C=O) groups excluding carboxylic acids is 1. The van der Waals surface area contributed by atoms with Crippen molar-refractivity contribution in [1.29, 1.82) is 0 Å². The molecule has 0 fully saturated rings. The Morgan fingerprint density at radius 1 is 1.03 bits per heavy atom. The molecule has 0 atom stereocenters. The van der Waals surface area contributed by atoms with E-state index in [2.05, 4.69) is 32.0 Å². The van der Waals surface area contributed by atoms with Crippen molar-refractivity contribution in [2.45, 2.75) is 39.8 Å². The second-order valence-electron chi connectivity index (χ2n) is 8.22. The third-order valence-corrected chi connectivity index (χ3v) is 5.47. The van der Waals surface area contributed by atoms with Crippen LogP contribution in [-0.2, 0) is 22.6 Å². The molecule has 0 aliphatic rings. The van der Waals surface area contributed by atoms with Gasteiger partial charge in [0.05, 0.1) is 18.5 Å². The summed E-state index contributed by atoms with van der Waals surface area (Å²) in [7, 11) is 0. The molecule has 6 heteroatoms. The number of rotatable bonds is 8. The maximum atomic E-state index is 12.0. The Morgan fingerprint density at radius 2 is 1.82 bits per heavy atom. The number of benzene rings is 3. The highest BCUT2D eigenvalue weighted by Gasteiger charge is 2.16. The quantitative estimate of drug-likeness (QED) is 0.285. The van der Waals surface area contributed by atoms with Crippen LogP contribution in [0.2, 0.25) is 0 Å². The number of hydrogen-bond acceptors (Lipinski definition) is 5. The number of fused-ring (bicyclic) bond motifs is 1. The average Bonchev–Trinajstić information content (AvgIpc) is 3.17. The summed E-state index contributed by atoms with van der Waals surface area (Å²) in [4.78, 5) is 12.0. The molecule has 6 nitrogen and oxygen atoms in total. The fourth-order valence-electron chi connectivity index (χ4n) is 3.91. The molecule has 4 rings (SSSR count). The maximum absolute atomic E-state index is 12.0. The van der Waals surface area contributed by atoms with Gasteiger partial charge in [0.15, 0.2) is 0 Å². The number of nitrogens with zero attached hydrogens (tertiary/aromatic N) is 2. The summed E-state index contributed by atoms with van der Waals surface area (Å²) in [5.41, 5.74) is 11.5. The number of anilines is 1. The van der Waals surface area contributed by atoms with E-state index in [1.54, 1.807) is 6.92 Å². The fraction of sp³-hybridized carbons (Fsp3) is 0.259. The van der Waals surface area contributed by atoms with E-state index in [4.69, 9.17) is 20.3 Å². The molecule has 0 saturated carbocycles. The van der Waals surface area contributed by atoms with Gasteiger partial charge >= 0.3 is 5.97 Å². The molecule has 0 aliphatic carbocycles. The molecule has 3 aromatic carbocycles. The van der Waals surface area contributed by atoms with E-state index in [9.17, 15) is 4.79 Å². The third kappa shape index (κ3) is 5.00. The van der Waals surface area contributed by atoms with Crippen molar-refractivity contribution in [2.24, 2.45) is 0 Å². The Kier molecular flexibility index (Phi) is 6.63. The van der Waals surface area contributed by atoms with Crippen LogP contribution in [0.5, 0.6) is 5.75 Å². The monoisotopic (exact) mass is 443 g/mol. The first-order valence-corrected chi connectivity index (χ1v) is 11.2. The van der Waals surface area contributed by atoms with Gasteiger partial charge in [0.25, 0.3) is 0 Å². The van der Waals surface area contributed by atoms with Crippen molar-refractivity contribution in [2.75, 3.05) is 12.3 Å². The van der Waals surface area contributed by atoms with Gasteiger partial charge in [-0.1, -0.05) is 36.4 Å². The predicted molar refractivity (Wildman–Crippen MR) is 131 cm³/mol. The number of aromatic nitrogens is 2. The standard InChI is InChI=1S/C27H29N3O3/c1-4-32-27(31)16-21-8-5-6-11-26(21)33-17-24-23-15-20(19-9-7-10-22(28)14-19)12-13-25(23)30(29-24)18(2)3/h5-15,18H,4,16-17,28H2,1-3H3. The normalized spacial score (nSPS) is 11.2. The van der Waals surface area contributed by atoms with Gasteiger partial charge in [-0.05, 0) is 62.2 Å². The van der Waals surface area contributed by atoms with Crippen LogP contribution in [-0.4, -0.2) is 22.4 Å². The van der Waals surface area contributed by atoms with Gasteiger partial charge in [0, 0.05) is 22.7 Å². The molecule has 0 amide bonds. The smallest absolute Gasteiger partial charge is 0.310 e. The van der Waals surface area contributed by atoms with E-state index in [1.165, 1.54) is 0 Å². The molecule has 2 N–H and O–H groups in total. The Morgan fingerprint density at radius 3 is 2.58 bits per heavy atom. The summed E-state index contributed by atoms with van der Waals surface area (Å²) >= 11 is 0. The molecule has 0 aliphatic heterocycles. The van der Waals surface area contributed by atoms with Crippen LogP contribution in [0.25, 0.3) is 22.0 Å². The molecule has 0 unspecified atom stereocenters. The number of ether oxygens (including phenoxy) is 2. The number of para-hydroxylation sites is 1. The molecule has 1 heterocycles. The molecular weight excluding hydrogens is 414 g/mol. The van der Waals surface area contributed by atoms with Crippen molar-refractivity contribution in [3.05, 3.63) is 78.0 Å². The van der Waals surface area contributed by atoms with Crippen LogP contribution in [0, 0.1) is 0 Å². The fourth-order valence-corrected chi connectivity index (χ4v) is 3.91. The molecule has 0 spiro atoms. The minimum absolute atomic E-state index is 0.171. The number of esters is 1. The second-order valence-corrected chi connectivity index (χ2v) is 8.22. The minimum atomic E-state index is -0.269. The van der Waals surface area contributed by atoms with Crippen molar-refractivity contribution < 1.29 is 14.3 Å². The molecular formula is C27H29N3O3. The van der Waals surface area contributed by atoms with Gasteiger partial charge in [0.1, 0.15) is 18.1 Å². The van der Waals surface area contributed by atoms with Gasteiger partial charge in [0.2, 0.25) is 0 Å². The first kappa shape index (κ1) is 22.4. The van der Waals surface area contributed by atoms with Crippen molar-refractivity contribution in [3.63, 3.8) is 0 Å². The third-order valence-electron chi connectivity index (χ3n) is 5.47. The molecule has 0 radical (unpaired) electrons. The van der Waals surface area contributed by atoms with Gasteiger partial charge in [-0.15, -0.1) is 0 Å². The van der Waals surface area contributed by atoms with Crippen molar-refractivity contribution >= 4 is 22.6 Å². The first-order valence-electron chi connectivity index (χ1n) is 11.2.